The zero-order valence-electron chi connectivity index (χ0n) is 10.9. The minimum atomic E-state index is -1.37. The summed E-state index contributed by atoms with van der Waals surface area (Å²) in [6.45, 7) is 2.08. The third-order valence-electron chi connectivity index (χ3n) is 2.71. The lowest BCUT2D eigenvalue weighted by molar-refractivity contribution is 0.0695. The Morgan fingerprint density at radius 1 is 1.40 bits per heavy atom. The highest BCUT2D eigenvalue weighted by molar-refractivity contribution is 7.09. The Hall–Kier alpha value is -2.02. The number of thiazole rings is 1. The first-order valence-electron chi connectivity index (χ1n) is 5.73. The molecule has 1 aromatic heterocycles. The molecule has 4 nitrogen and oxygen atoms in total. The van der Waals surface area contributed by atoms with Crippen LogP contribution >= 0.6 is 11.3 Å². The van der Waals surface area contributed by atoms with E-state index in [2.05, 4.69) is 4.98 Å². The van der Waals surface area contributed by atoms with E-state index >= 15 is 0 Å². The number of rotatable bonds is 4. The predicted molar refractivity (Wildman–Crippen MR) is 72.3 cm³/mol. The molecule has 7 heteroatoms. The lowest BCUT2D eigenvalue weighted by atomic mass is 10.1. The number of halogens is 2. The summed E-state index contributed by atoms with van der Waals surface area (Å²) in [6, 6.07) is 1.62. The van der Waals surface area contributed by atoms with Crippen LogP contribution in [0.3, 0.4) is 0 Å². The van der Waals surface area contributed by atoms with Gasteiger partial charge in [0.1, 0.15) is 17.3 Å². The van der Waals surface area contributed by atoms with Gasteiger partial charge in [0, 0.05) is 12.4 Å². The van der Waals surface area contributed by atoms with Crippen molar-refractivity contribution in [1.29, 1.82) is 0 Å². The number of aryl methyl sites for hydroxylation is 1. The standard InChI is InChI=1S/C13H12F2N2O2S/c1-7-16-9(6-20-7)5-17(2)12-10(14)3-8(13(18)19)4-11(12)15/h3-4,6H,5H2,1-2H3,(H,18,19). The normalized spacial score (nSPS) is 10.6. The van der Waals surface area contributed by atoms with Crippen molar-refractivity contribution < 1.29 is 18.7 Å². The highest BCUT2D eigenvalue weighted by Crippen LogP contribution is 2.25. The maximum atomic E-state index is 13.9. The number of hydrogen-bond acceptors (Lipinski definition) is 4. The molecule has 1 N–H and O–H groups in total. The number of anilines is 1. The van der Waals surface area contributed by atoms with Crippen LogP contribution in [0.15, 0.2) is 17.5 Å². The molecule has 0 unspecified atom stereocenters. The molecule has 0 atom stereocenters. The van der Waals surface area contributed by atoms with Gasteiger partial charge in [0.15, 0.2) is 0 Å². The first-order chi connectivity index (χ1) is 9.38. The monoisotopic (exact) mass is 298 g/mol. The van der Waals surface area contributed by atoms with Gasteiger partial charge in [0.25, 0.3) is 0 Å². The van der Waals surface area contributed by atoms with E-state index in [0.717, 1.165) is 17.1 Å². The van der Waals surface area contributed by atoms with Crippen LogP contribution in [0.1, 0.15) is 21.1 Å². The van der Waals surface area contributed by atoms with Gasteiger partial charge in [-0.2, -0.15) is 0 Å². The van der Waals surface area contributed by atoms with Gasteiger partial charge >= 0.3 is 5.97 Å². The number of carbonyl (C=O) groups is 1. The minimum Gasteiger partial charge on any atom is -0.478 e. The van der Waals surface area contributed by atoms with Crippen molar-refractivity contribution in [2.75, 3.05) is 11.9 Å². The van der Waals surface area contributed by atoms with Crippen molar-refractivity contribution in [3.05, 3.63) is 45.4 Å². The van der Waals surface area contributed by atoms with Gasteiger partial charge in [-0.25, -0.2) is 18.6 Å². The van der Waals surface area contributed by atoms with E-state index in [4.69, 9.17) is 5.11 Å². The van der Waals surface area contributed by atoms with Crippen molar-refractivity contribution in [1.82, 2.24) is 4.98 Å². The highest BCUT2D eigenvalue weighted by atomic mass is 32.1. The Morgan fingerprint density at radius 3 is 2.45 bits per heavy atom. The molecule has 0 amide bonds. The van der Waals surface area contributed by atoms with E-state index in [-0.39, 0.29) is 12.2 Å². The Kier molecular flexibility index (Phi) is 3.99. The summed E-state index contributed by atoms with van der Waals surface area (Å²) in [5.41, 5.74) is 0.0263. The summed E-state index contributed by atoms with van der Waals surface area (Å²) in [5.74, 6) is -3.18. The molecule has 20 heavy (non-hydrogen) atoms. The van der Waals surface area contributed by atoms with E-state index in [1.807, 2.05) is 12.3 Å². The van der Waals surface area contributed by atoms with Crippen molar-refractivity contribution in [3.8, 4) is 0 Å². The Labute approximate surface area is 118 Å². The molecule has 2 rings (SSSR count). The second-order valence-electron chi connectivity index (χ2n) is 4.31. The Balaban J connectivity index is 2.30. The summed E-state index contributed by atoms with van der Waals surface area (Å²) in [5, 5.41) is 11.4. The topological polar surface area (TPSA) is 53.4 Å². The summed E-state index contributed by atoms with van der Waals surface area (Å²) < 4.78 is 27.7. The lowest BCUT2D eigenvalue weighted by Crippen LogP contribution is -2.20. The molecule has 0 saturated carbocycles. The summed E-state index contributed by atoms with van der Waals surface area (Å²) in [4.78, 5) is 16.3. The number of aromatic carboxylic acids is 1. The van der Waals surface area contributed by atoms with Crippen molar-refractivity contribution in [2.45, 2.75) is 13.5 Å². The average molecular weight is 298 g/mol. The summed E-state index contributed by atoms with van der Waals surface area (Å²) in [6.07, 6.45) is 0. The van der Waals surface area contributed by atoms with E-state index < -0.39 is 23.2 Å². The predicted octanol–water partition coefficient (Wildman–Crippen LogP) is 3.06. The fraction of sp³-hybridized carbons (Fsp3) is 0.231. The van der Waals surface area contributed by atoms with Gasteiger partial charge in [-0.3, -0.25) is 0 Å². The number of carboxylic acid groups (broad SMARTS) is 1. The number of nitrogens with zero attached hydrogens (tertiary/aromatic N) is 2. The molecule has 0 saturated heterocycles. The average Bonchev–Trinajstić information content (AvgIpc) is 2.73. The maximum Gasteiger partial charge on any atom is 0.335 e. The molecule has 2 aromatic rings. The van der Waals surface area contributed by atoms with Gasteiger partial charge in [0.2, 0.25) is 0 Å². The molecule has 0 radical (unpaired) electrons. The number of carboxylic acids is 1. The summed E-state index contributed by atoms with van der Waals surface area (Å²) >= 11 is 1.45. The SMILES string of the molecule is Cc1nc(CN(C)c2c(F)cc(C(=O)O)cc2F)cs1. The Morgan fingerprint density at radius 2 is 2.00 bits per heavy atom. The zero-order valence-corrected chi connectivity index (χ0v) is 11.7. The van der Waals surface area contributed by atoms with Crippen LogP contribution in [0, 0.1) is 18.6 Å². The molecular weight excluding hydrogens is 286 g/mol. The Bertz CT molecular complexity index is 635. The van der Waals surface area contributed by atoms with Crippen LogP contribution in [0.25, 0.3) is 0 Å². The summed E-state index contributed by atoms with van der Waals surface area (Å²) in [7, 11) is 1.52. The molecule has 0 aliphatic carbocycles. The number of aromatic nitrogens is 1. The van der Waals surface area contributed by atoms with E-state index in [1.54, 1.807) is 0 Å². The van der Waals surface area contributed by atoms with Crippen LogP contribution in [-0.4, -0.2) is 23.1 Å². The molecule has 0 bridgehead atoms. The fourth-order valence-corrected chi connectivity index (χ4v) is 2.46. The first-order valence-corrected chi connectivity index (χ1v) is 6.61. The van der Waals surface area contributed by atoms with Crippen LogP contribution in [0.2, 0.25) is 0 Å². The molecule has 1 heterocycles. The van der Waals surface area contributed by atoms with E-state index in [9.17, 15) is 13.6 Å². The quantitative estimate of drug-likeness (QED) is 0.942. The largest absolute Gasteiger partial charge is 0.478 e. The fourth-order valence-electron chi connectivity index (χ4n) is 1.86. The molecule has 0 spiro atoms. The first kappa shape index (κ1) is 14.4. The van der Waals surface area contributed by atoms with Gasteiger partial charge < -0.3 is 10.0 Å². The van der Waals surface area contributed by atoms with Crippen LogP contribution in [-0.2, 0) is 6.54 Å². The third kappa shape index (κ3) is 2.93. The van der Waals surface area contributed by atoms with Gasteiger partial charge in [-0.05, 0) is 19.1 Å². The highest BCUT2D eigenvalue weighted by Gasteiger charge is 2.18. The van der Waals surface area contributed by atoms with Crippen molar-refractivity contribution in [3.63, 3.8) is 0 Å². The van der Waals surface area contributed by atoms with Crippen LogP contribution < -0.4 is 4.90 Å². The number of benzene rings is 1. The second-order valence-corrected chi connectivity index (χ2v) is 5.37. The molecular formula is C13H12F2N2O2S. The zero-order chi connectivity index (χ0) is 14.9. The van der Waals surface area contributed by atoms with E-state index in [1.165, 1.54) is 23.3 Å². The van der Waals surface area contributed by atoms with Gasteiger partial charge in [-0.15, -0.1) is 11.3 Å². The molecule has 0 aliphatic rings. The molecule has 0 aliphatic heterocycles. The van der Waals surface area contributed by atoms with E-state index in [0.29, 0.717) is 5.69 Å². The second kappa shape index (κ2) is 5.54. The van der Waals surface area contributed by atoms with Gasteiger partial charge in [-0.1, -0.05) is 0 Å². The third-order valence-corrected chi connectivity index (χ3v) is 3.53. The smallest absolute Gasteiger partial charge is 0.335 e. The minimum absolute atomic E-state index is 0.241. The maximum absolute atomic E-state index is 13.9. The lowest BCUT2D eigenvalue weighted by Gasteiger charge is -2.19. The molecule has 0 fully saturated rings. The number of hydrogen-bond donors (Lipinski definition) is 1. The van der Waals surface area contributed by atoms with Crippen molar-refractivity contribution in [2.24, 2.45) is 0 Å². The van der Waals surface area contributed by atoms with Gasteiger partial charge in [0.05, 0.1) is 22.8 Å². The molecule has 1 aromatic carbocycles. The van der Waals surface area contributed by atoms with Crippen LogP contribution in [0.5, 0.6) is 0 Å². The van der Waals surface area contributed by atoms with Crippen LogP contribution in [0.4, 0.5) is 14.5 Å². The molecule has 106 valence electrons. The van der Waals surface area contributed by atoms with Crippen molar-refractivity contribution >= 4 is 23.0 Å².